The largest absolute Gasteiger partial charge is 0.459 e. The number of esters is 1. The third-order valence-electron chi connectivity index (χ3n) is 5.34. The molecule has 0 bridgehead atoms. The van der Waals surface area contributed by atoms with E-state index < -0.39 is 18.1 Å². The molecule has 3 heterocycles. The Balaban J connectivity index is 1.35. The molecule has 2 aliphatic rings. The lowest BCUT2D eigenvalue weighted by molar-refractivity contribution is -0.150. The number of ether oxygens (including phenoxy) is 2. The van der Waals surface area contributed by atoms with E-state index in [0.717, 1.165) is 9.35 Å². The number of nitrogens with zero attached hydrogens (tertiary/aromatic N) is 2. The lowest BCUT2D eigenvalue weighted by atomic mass is 10.0. The van der Waals surface area contributed by atoms with Crippen molar-refractivity contribution in [2.24, 2.45) is 0 Å². The van der Waals surface area contributed by atoms with Gasteiger partial charge in [0.2, 0.25) is 0 Å². The van der Waals surface area contributed by atoms with E-state index in [9.17, 15) is 14.4 Å². The summed E-state index contributed by atoms with van der Waals surface area (Å²) in [6, 6.07) is 12.2. The number of likely N-dealkylation sites (tertiary alicyclic amines) is 1. The molecule has 0 radical (unpaired) electrons. The van der Waals surface area contributed by atoms with Crippen molar-refractivity contribution in [2.75, 3.05) is 19.7 Å². The fourth-order valence-electron chi connectivity index (χ4n) is 3.77. The Labute approximate surface area is 186 Å². The van der Waals surface area contributed by atoms with E-state index in [0.29, 0.717) is 30.8 Å². The maximum Gasteiger partial charge on any atom is 0.410 e. The monoisotopic (exact) mass is 492 g/mol. The average molecular weight is 493 g/mol. The quantitative estimate of drug-likeness (QED) is 0.595. The summed E-state index contributed by atoms with van der Waals surface area (Å²) in [6.45, 7) is 1.19. The van der Waals surface area contributed by atoms with E-state index in [1.807, 2.05) is 36.4 Å². The molecule has 0 N–H and O–H groups in total. The van der Waals surface area contributed by atoms with Gasteiger partial charge in [0, 0.05) is 19.1 Å². The third kappa shape index (κ3) is 4.52. The van der Waals surface area contributed by atoms with Crippen LogP contribution in [0.2, 0.25) is 0 Å². The Hall–Kier alpha value is -2.39. The van der Waals surface area contributed by atoms with E-state index in [1.165, 1.54) is 16.2 Å². The molecule has 7 nitrogen and oxygen atoms in total. The van der Waals surface area contributed by atoms with Crippen molar-refractivity contribution in [1.29, 1.82) is 0 Å². The number of carbonyl (C=O) groups excluding carboxylic acids is 3. The Morgan fingerprint density at radius 1 is 1.13 bits per heavy atom. The van der Waals surface area contributed by atoms with E-state index in [2.05, 4.69) is 15.9 Å². The zero-order valence-corrected chi connectivity index (χ0v) is 18.6. The number of carbonyl (C=O) groups is 3. The fourth-order valence-corrected chi connectivity index (χ4v) is 5.13. The molecule has 0 aliphatic carbocycles. The van der Waals surface area contributed by atoms with Crippen LogP contribution < -0.4 is 0 Å². The maximum atomic E-state index is 12.6. The van der Waals surface area contributed by atoms with Gasteiger partial charge in [-0.1, -0.05) is 30.3 Å². The number of rotatable bonds is 5. The molecule has 2 saturated heterocycles. The molecule has 2 fully saturated rings. The lowest BCUT2D eigenvalue weighted by Gasteiger charge is -2.37. The molecule has 4 rings (SSSR count). The molecule has 1 aromatic heterocycles. The summed E-state index contributed by atoms with van der Waals surface area (Å²) >= 11 is 4.78. The standard InChI is InChI=1S/C21H21BrN2O5S/c22-18-7-6-17(30-18)19(25)23-10-8-15(9-11-23)24-16(13-29-21(24)27)20(26)28-12-14-4-2-1-3-5-14/h1-7,15-16H,8-13H2/t16-/m0/s1. The number of thiophene rings is 1. The molecule has 0 spiro atoms. The van der Waals surface area contributed by atoms with Gasteiger partial charge in [0.25, 0.3) is 5.91 Å². The zero-order chi connectivity index (χ0) is 21.1. The van der Waals surface area contributed by atoms with E-state index >= 15 is 0 Å². The Bertz CT molecular complexity index is 926. The summed E-state index contributed by atoms with van der Waals surface area (Å²) < 4.78 is 11.5. The second kappa shape index (κ2) is 9.18. The molecule has 2 aromatic rings. The third-order valence-corrected chi connectivity index (χ3v) is 6.95. The lowest BCUT2D eigenvalue weighted by Crippen LogP contribution is -2.52. The van der Waals surface area contributed by atoms with Crippen molar-refractivity contribution in [3.05, 3.63) is 56.7 Å². The van der Waals surface area contributed by atoms with Crippen LogP contribution in [0.25, 0.3) is 0 Å². The van der Waals surface area contributed by atoms with Gasteiger partial charge in [0.05, 0.1) is 8.66 Å². The number of hydrogen-bond acceptors (Lipinski definition) is 6. The van der Waals surface area contributed by atoms with Gasteiger partial charge in [-0.15, -0.1) is 11.3 Å². The van der Waals surface area contributed by atoms with Crippen LogP contribution in [-0.4, -0.2) is 59.5 Å². The zero-order valence-electron chi connectivity index (χ0n) is 16.2. The molecule has 0 unspecified atom stereocenters. The summed E-state index contributed by atoms with van der Waals surface area (Å²) in [5.74, 6) is -0.474. The van der Waals surface area contributed by atoms with Crippen molar-refractivity contribution in [2.45, 2.75) is 31.5 Å². The van der Waals surface area contributed by atoms with Crippen LogP contribution in [0.3, 0.4) is 0 Å². The van der Waals surface area contributed by atoms with E-state index in [1.54, 1.807) is 11.0 Å². The summed E-state index contributed by atoms with van der Waals surface area (Å²) in [4.78, 5) is 41.5. The van der Waals surface area contributed by atoms with Gasteiger partial charge in [-0.3, -0.25) is 9.69 Å². The van der Waals surface area contributed by atoms with Crippen LogP contribution in [0.5, 0.6) is 0 Å². The Morgan fingerprint density at radius 3 is 2.53 bits per heavy atom. The minimum atomic E-state index is -0.748. The highest BCUT2D eigenvalue weighted by Gasteiger charge is 2.44. The number of benzene rings is 1. The second-order valence-corrected chi connectivity index (χ2v) is 9.68. The van der Waals surface area contributed by atoms with Crippen LogP contribution in [-0.2, 0) is 20.9 Å². The fraction of sp³-hybridized carbons (Fsp3) is 0.381. The maximum absolute atomic E-state index is 12.6. The average Bonchev–Trinajstić information content (AvgIpc) is 3.38. The first-order chi connectivity index (χ1) is 14.5. The van der Waals surface area contributed by atoms with Crippen LogP contribution in [0, 0.1) is 0 Å². The first kappa shape index (κ1) is 20.9. The highest BCUT2D eigenvalue weighted by molar-refractivity contribution is 9.11. The van der Waals surface area contributed by atoms with Gasteiger partial charge >= 0.3 is 12.1 Å². The normalized spacial score (nSPS) is 19.6. The van der Waals surface area contributed by atoms with Crippen molar-refractivity contribution in [3.63, 3.8) is 0 Å². The van der Waals surface area contributed by atoms with Crippen molar-refractivity contribution in [1.82, 2.24) is 9.80 Å². The van der Waals surface area contributed by atoms with Gasteiger partial charge in [-0.2, -0.15) is 0 Å². The molecule has 158 valence electrons. The summed E-state index contributed by atoms with van der Waals surface area (Å²) in [5.41, 5.74) is 0.884. The first-order valence-corrected chi connectivity index (χ1v) is 11.3. The summed E-state index contributed by atoms with van der Waals surface area (Å²) in [6.07, 6.45) is 0.690. The minimum absolute atomic E-state index is 0.00514. The molecule has 9 heteroatoms. The second-order valence-electron chi connectivity index (χ2n) is 7.22. The number of amides is 2. The van der Waals surface area contributed by atoms with Crippen LogP contribution >= 0.6 is 27.3 Å². The highest BCUT2D eigenvalue weighted by Crippen LogP contribution is 2.28. The molecular weight excluding hydrogens is 472 g/mol. The molecule has 0 saturated carbocycles. The SMILES string of the molecule is O=C(OCc1ccccc1)[C@@H]1COC(=O)N1C1CCN(C(=O)c2ccc(Br)s2)CC1. The van der Waals surface area contributed by atoms with Crippen molar-refractivity contribution in [3.8, 4) is 0 Å². The number of hydrogen-bond donors (Lipinski definition) is 0. The van der Waals surface area contributed by atoms with Crippen molar-refractivity contribution < 1.29 is 23.9 Å². The summed E-state index contributed by atoms with van der Waals surface area (Å²) in [7, 11) is 0. The molecule has 2 amide bonds. The molecule has 30 heavy (non-hydrogen) atoms. The van der Waals surface area contributed by atoms with Gasteiger partial charge in [-0.05, 0) is 46.5 Å². The molecular formula is C21H21BrN2O5S. The minimum Gasteiger partial charge on any atom is -0.459 e. The van der Waals surface area contributed by atoms with Gasteiger partial charge in [0.15, 0.2) is 6.04 Å². The van der Waals surface area contributed by atoms with Crippen LogP contribution in [0.4, 0.5) is 4.79 Å². The predicted molar refractivity (Wildman–Crippen MR) is 114 cm³/mol. The van der Waals surface area contributed by atoms with Crippen molar-refractivity contribution >= 4 is 45.2 Å². The van der Waals surface area contributed by atoms with E-state index in [4.69, 9.17) is 9.47 Å². The summed E-state index contributed by atoms with van der Waals surface area (Å²) in [5, 5.41) is 0. The van der Waals surface area contributed by atoms with Crippen LogP contribution in [0.1, 0.15) is 28.1 Å². The van der Waals surface area contributed by atoms with Gasteiger partial charge < -0.3 is 14.4 Å². The molecule has 2 aliphatic heterocycles. The topological polar surface area (TPSA) is 76.2 Å². The van der Waals surface area contributed by atoms with Gasteiger partial charge in [0.1, 0.15) is 13.2 Å². The number of halogens is 1. The number of piperidine rings is 1. The smallest absolute Gasteiger partial charge is 0.410 e. The highest BCUT2D eigenvalue weighted by atomic mass is 79.9. The molecule has 1 aromatic carbocycles. The van der Waals surface area contributed by atoms with Crippen LogP contribution in [0.15, 0.2) is 46.3 Å². The first-order valence-electron chi connectivity index (χ1n) is 9.73. The molecule has 1 atom stereocenters. The number of cyclic esters (lactones) is 1. The Kier molecular flexibility index (Phi) is 6.38. The van der Waals surface area contributed by atoms with E-state index in [-0.39, 0.29) is 25.2 Å². The Morgan fingerprint density at radius 2 is 1.87 bits per heavy atom. The van der Waals surface area contributed by atoms with Gasteiger partial charge in [-0.25, -0.2) is 9.59 Å². The predicted octanol–water partition coefficient (Wildman–Crippen LogP) is 3.68.